The van der Waals surface area contributed by atoms with Gasteiger partial charge in [0.25, 0.3) is 5.91 Å². The van der Waals surface area contributed by atoms with Gasteiger partial charge in [0, 0.05) is 51.4 Å². The number of carbonyl (C=O) groups excluding carboxylic acids is 4. The van der Waals surface area contributed by atoms with Crippen LogP contribution in [0.5, 0.6) is 0 Å². The fraction of sp³-hybridized carbons (Fsp3) is 0.591. The largest absolute Gasteiger partial charge is 0.388 e. The molecule has 3 heterocycles. The summed E-state index contributed by atoms with van der Waals surface area (Å²) in [6.45, 7) is 1.40. The van der Waals surface area contributed by atoms with E-state index in [2.05, 4.69) is 21.3 Å². The number of anilines is 1. The highest BCUT2D eigenvalue weighted by atomic mass is 16.2. The Bertz CT molecular complexity index is 978. The number of likely N-dealkylation sites (tertiary alicyclic amines) is 2. The summed E-state index contributed by atoms with van der Waals surface area (Å²) in [7, 11) is 5.39. The molecule has 2 aliphatic rings. The van der Waals surface area contributed by atoms with Crippen LogP contribution in [0.4, 0.5) is 5.69 Å². The monoisotopic (exact) mass is 489 g/mol. The first-order valence-electron chi connectivity index (χ1n) is 11.6. The first-order valence-corrected chi connectivity index (χ1v) is 11.6. The average Bonchev–Trinajstić information content (AvgIpc) is 3.44. The van der Waals surface area contributed by atoms with Crippen LogP contribution >= 0.6 is 0 Å². The summed E-state index contributed by atoms with van der Waals surface area (Å²) < 4.78 is 1.62. The molecule has 0 aliphatic carbocycles. The summed E-state index contributed by atoms with van der Waals surface area (Å²) in [6, 6.07) is 0.613. The fourth-order valence-electron chi connectivity index (χ4n) is 4.72. The standard InChI is InChI=1S/C22H35N9O4/c1-29-9-13(26-12-32)6-17(29)21(34)28-15-8-18(31(3)11-15)22(35)27-14-7-16(30(2)10-14)20(33)25-5-4-19(23)24/h7,10,12-13,15,17-18H,4-6,8-9,11H2,1-3H3,(H3,23,24)(H,25,33)(H,26,32)(H,27,35)(H,28,34)/t13?,15?,17-,18?/m1/s1. The number of hydrogen-bond donors (Lipinski definition) is 6. The Morgan fingerprint density at radius 2 is 1.71 bits per heavy atom. The van der Waals surface area contributed by atoms with Crippen LogP contribution in [0.1, 0.15) is 29.8 Å². The second kappa shape index (κ2) is 11.3. The van der Waals surface area contributed by atoms with Crippen molar-refractivity contribution in [2.75, 3.05) is 39.0 Å². The molecule has 0 radical (unpaired) electrons. The summed E-state index contributed by atoms with van der Waals surface area (Å²) in [5, 5.41) is 18.6. The van der Waals surface area contributed by atoms with Gasteiger partial charge in [0.2, 0.25) is 18.2 Å². The molecule has 4 atom stereocenters. The van der Waals surface area contributed by atoms with Crippen LogP contribution in [0.25, 0.3) is 0 Å². The Hall–Kier alpha value is -3.45. The Balaban J connectivity index is 1.53. The van der Waals surface area contributed by atoms with Gasteiger partial charge in [0.15, 0.2) is 0 Å². The highest BCUT2D eigenvalue weighted by Gasteiger charge is 2.39. The van der Waals surface area contributed by atoms with Crippen molar-refractivity contribution in [3.63, 3.8) is 0 Å². The minimum atomic E-state index is -0.431. The van der Waals surface area contributed by atoms with Gasteiger partial charge >= 0.3 is 0 Å². The fourth-order valence-corrected chi connectivity index (χ4v) is 4.72. The number of amidine groups is 1. The highest BCUT2D eigenvalue weighted by Crippen LogP contribution is 2.21. The molecule has 1 aromatic heterocycles. The van der Waals surface area contributed by atoms with Crippen molar-refractivity contribution in [2.45, 2.75) is 43.4 Å². The molecule has 0 spiro atoms. The number of aryl methyl sites for hydroxylation is 1. The zero-order chi connectivity index (χ0) is 25.7. The van der Waals surface area contributed by atoms with E-state index in [0.717, 1.165) is 0 Å². The molecular weight excluding hydrogens is 454 g/mol. The van der Waals surface area contributed by atoms with Crippen LogP contribution in [0.15, 0.2) is 12.3 Å². The SMILES string of the molecule is CN1CC(NC(=O)[C@H]2CC(NC=O)CN2C)CC1C(=O)Nc1cc(C(=O)NCCC(=N)N)n(C)c1. The zero-order valence-electron chi connectivity index (χ0n) is 20.3. The molecule has 2 fully saturated rings. The van der Waals surface area contributed by atoms with Gasteiger partial charge in [0.1, 0.15) is 5.69 Å². The van der Waals surface area contributed by atoms with Crippen LogP contribution in [0.3, 0.4) is 0 Å². The average molecular weight is 490 g/mol. The molecule has 2 saturated heterocycles. The van der Waals surface area contributed by atoms with Crippen molar-refractivity contribution in [3.8, 4) is 0 Å². The highest BCUT2D eigenvalue weighted by molar-refractivity contribution is 5.98. The van der Waals surface area contributed by atoms with E-state index in [1.165, 1.54) is 0 Å². The summed E-state index contributed by atoms with van der Waals surface area (Å²) in [4.78, 5) is 52.6. The molecule has 1 aromatic rings. The quantitative estimate of drug-likeness (QED) is 0.125. The van der Waals surface area contributed by atoms with E-state index < -0.39 is 6.04 Å². The molecule has 35 heavy (non-hydrogen) atoms. The minimum Gasteiger partial charge on any atom is -0.388 e. The predicted molar refractivity (Wildman–Crippen MR) is 130 cm³/mol. The van der Waals surface area contributed by atoms with Crippen molar-refractivity contribution < 1.29 is 19.2 Å². The Kier molecular flexibility index (Phi) is 8.46. The summed E-state index contributed by atoms with van der Waals surface area (Å²) >= 11 is 0. The summed E-state index contributed by atoms with van der Waals surface area (Å²) in [5.74, 6) is -0.649. The number of nitrogens with zero attached hydrogens (tertiary/aromatic N) is 3. The van der Waals surface area contributed by atoms with Crippen molar-refractivity contribution in [1.82, 2.24) is 30.3 Å². The van der Waals surface area contributed by atoms with Gasteiger partial charge in [-0.25, -0.2) is 0 Å². The minimum absolute atomic E-state index is 0.00493. The van der Waals surface area contributed by atoms with Gasteiger partial charge in [-0.05, 0) is 33.0 Å². The molecule has 0 aromatic carbocycles. The van der Waals surface area contributed by atoms with E-state index in [-0.39, 0.29) is 54.6 Å². The number of nitrogens with two attached hydrogens (primary N) is 1. The maximum Gasteiger partial charge on any atom is 0.267 e. The second-order valence-electron chi connectivity index (χ2n) is 9.31. The maximum atomic E-state index is 13.0. The lowest BCUT2D eigenvalue weighted by Crippen LogP contribution is -2.46. The third-order valence-electron chi connectivity index (χ3n) is 6.54. The number of aromatic nitrogens is 1. The maximum absolute atomic E-state index is 13.0. The number of rotatable bonds is 10. The number of amides is 4. The van der Waals surface area contributed by atoms with Crippen LogP contribution < -0.4 is 27.0 Å². The molecule has 7 N–H and O–H groups in total. The Morgan fingerprint density at radius 1 is 1.09 bits per heavy atom. The van der Waals surface area contributed by atoms with Crippen LogP contribution in [0, 0.1) is 5.41 Å². The van der Waals surface area contributed by atoms with Crippen molar-refractivity contribution >= 4 is 35.7 Å². The van der Waals surface area contributed by atoms with Crippen LogP contribution in [0.2, 0.25) is 0 Å². The van der Waals surface area contributed by atoms with Gasteiger partial charge in [-0.1, -0.05) is 0 Å². The molecule has 0 bridgehead atoms. The van der Waals surface area contributed by atoms with E-state index in [1.54, 1.807) is 23.9 Å². The van der Waals surface area contributed by atoms with Crippen molar-refractivity contribution in [3.05, 3.63) is 18.0 Å². The number of hydrogen-bond acceptors (Lipinski definition) is 7. The van der Waals surface area contributed by atoms with Crippen molar-refractivity contribution in [2.24, 2.45) is 12.8 Å². The molecule has 13 nitrogen and oxygen atoms in total. The first-order chi connectivity index (χ1) is 16.6. The molecular formula is C22H35N9O4. The summed E-state index contributed by atoms with van der Waals surface area (Å²) in [5.41, 5.74) is 6.17. The van der Waals surface area contributed by atoms with Gasteiger partial charge in [-0.3, -0.25) is 34.4 Å². The normalized spacial score (nSPS) is 24.7. The third kappa shape index (κ3) is 6.57. The molecule has 2 aliphatic heterocycles. The van der Waals surface area contributed by atoms with E-state index in [9.17, 15) is 19.2 Å². The number of carbonyl (C=O) groups is 4. The van der Waals surface area contributed by atoms with Crippen LogP contribution in [-0.2, 0) is 21.4 Å². The number of likely N-dealkylation sites (N-methyl/N-ethyl adjacent to an activating group) is 2. The van der Waals surface area contributed by atoms with Crippen LogP contribution in [-0.4, -0.2) is 102 Å². The van der Waals surface area contributed by atoms with Crippen molar-refractivity contribution in [1.29, 1.82) is 5.41 Å². The molecule has 3 unspecified atom stereocenters. The van der Waals surface area contributed by atoms with E-state index >= 15 is 0 Å². The first kappa shape index (κ1) is 26.2. The van der Waals surface area contributed by atoms with Gasteiger partial charge in [-0.2, -0.15) is 0 Å². The second-order valence-corrected chi connectivity index (χ2v) is 9.31. The van der Waals surface area contributed by atoms with Gasteiger partial charge < -0.3 is 31.6 Å². The van der Waals surface area contributed by atoms with E-state index in [4.69, 9.17) is 11.1 Å². The predicted octanol–water partition coefficient (Wildman–Crippen LogP) is -1.97. The Labute approximate surface area is 204 Å². The zero-order valence-corrected chi connectivity index (χ0v) is 20.3. The van der Waals surface area contributed by atoms with Gasteiger partial charge in [0.05, 0.1) is 23.6 Å². The molecule has 4 amide bonds. The third-order valence-corrected chi connectivity index (χ3v) is 6.54. The van der Waals surface area contributed by atoms with Gasteiger partial charge in [-0.15, -0.1) is 0 Å². The lowest BCUT2D eigenvalue weighted by Gasteiger charge is -2.21. The van der Waals surface area contributed by atoms with E-state index in [0.29, 0.717) is 43.7 Å². The molecule has 13 heteroatoms. The summed E-state index contributed by atoms with van der Waals surface area (Å²) in [6.07, 6.45) is 3.59. The lowest BCUT2D eigenvalue weighted by molar-refractivity contribution is -0.126. The number of nitrogens with one attached hydrogen (secondary N) is 5. The topological polar surface area (TPSA) is 178 Å². The Morgan fingerprint density at radius 3 is 2.37 bits per heavy atom. The van der Waals surface area contributed by atoms with E-state index in [1.807, 2.05) is 23.9 Å². The molecule has 192 valence electrons. The smallest absolute Gasteiger partial charge is 0.267 e. The molecule has 0 saturated carbocycles. The lowest BCUT2D eigenvalue weighted by atomic mass is 10.1. The molecule has 3 rings (SSSR count).